The van der Waals surface area contributed by atoms with Gasteiger partial charge in [0.1, 0.15) is 0 Å². The van der Waals surface area contributed by atoms with Crippen molar-refractivity contribution in [2.45, 2.75) is 11.8 Å². The van der Waals surface area contributed by atoms with Crippen molar-refractivity contribution in [1.29, 1.82) is 0 Å². The number of hydrazone groups is 1. The Morgan fingerprint density at radius 3 is 2.27 bits per heavy atom. The Morgan fingerprint density at radius 2 is 1.68 bits per heavy atom. The number of amides is 1. The molecule has 7 heteroatoms. The molecule has 2 rings (SSSR count). The van der Waals surface area contributed by atoms with E-state index < -0.39 is 10.0 Å². The van der Waals surface area contributed by atoms with Crippen molar-refractivity contribution in [3.8, 4) is 0 Å². The summed E-state index contributed by atoms with van der Waals surface area (Å²) in [6.07, 6.45) is 1.39. The fourth-order valence-corrected chi connectivity index (χ4v) is 2.49. The second kappa shape index (κ2) is 6.86. The number of benzene rings is 2. The predicted molar refractivity (Wildman–Crippen MR) is 85.1 cm³/mol. The van der Waals surface area contributed by atoms with E-state index in [1.54, 1.807) is 42.5 Å². The quantitative estimate of drug-likeness (QED) is 0.652. The highest BCUT2D eigenvalue weighted by molar-refractivity contribution is 7.89. The van der Waals surface area contributed by atoms with Gasteiger partial charge < -0.3 is 5.32 Å². The van der Waals surface area contributed by atoms with Crippen LogP contribution >= 0.6 is 0 Å². The Kier molecular flexibility index (Phi) is 4.90. The van der Waals surface area contributed by atoms with E-state index in [0.29, 0.717) is 11.3 Å². The molecule has 1 amide bonds. The van der Waals surface area contributed by atoms with Gasteiger partial charge >= 0.3 is 0 Å². The monoisotopic (exact) mass is 317 g/mol. The number of hydrogen-bond donors (Lipinski definition) is 2. The van der Waals surface area contributed by atoms with Crippen molar-refractivity contribution < 1.29 is 13.2 Å². The molecule has 0 aliphatic heterocycles. The van der Waals surface area contributed by atoms with E-state index >= 15 is 0 Å². The van der Waals surface area contributed by atoms with Gasteiger partial charge in [0, 0.05) is 12.6 Å². The molecule has 0 aliphatic rings. The number of carbonyl (C=O) groups excluding carboxylic acids is 1. The van der Waals surface area contributed by atoms with Crippen LogP contribution in [0, 0.1) is 0 Å². The average Bonchev–Trinajstić information content (AvgIpc) is 2.49. The van der Waals surface area contributed by atoms with Gasteiger partial charge in [-0.05, 0) is 29.8 Å². The number of anilines is 1. The lowest BCUT2D eigenvalue weighted by molar-refractivity contribution is -0.114. The van der Waals surface area contributed by atoms with E-state index in [1.807, 2.05) is 0 Å². The lowest BCUT2D eigenvalue weighted by Gasteiger charge is -2.03. The van der Waals surface area contributed by atoms with Gasteiger partial charge in [-0.2, -0.15) is 13.5 Å². The topological polar surface area (TPSA) is 87.6 Å². The summed E-state index contributed by atoms with van der Waals surface area (Å²) >= 11 is 0. The fourth-order valence-electron chi connectivity index (χ4n) is 1.68. The molecule has 0 aliphatic carbocycles. The van der Waals surface area contributed by atoms with Gasteiger partial charge in [0.25, 0.3) is 10.0 Å². The third kappa shape index (κ3) is 4.42. The molecule has 0 fully saturated rings. The highest BCUT2D eigenvalue weighted by Gasteiger charge is 2.10. The van der Waals surface area contributed by atoms with E-state index in [9.17, 15) is 13.2 Å². The number of nitrogens with one attached hydrogen (secondary N) is 2. The normalized spacial score (nSPS) is 11.3. The number of rotatable bonds is 5. The van der Waals surface area contributed by atoms with Crippen LogP contribution in [-0.2, 0) is 14.8 Å². The second-order valence-corrected chi connectivity index (χ2v) is 6.13. The van der Waals surface area contributed by atoms with Crippen LogP contribution in [0.4, 0.5) is 5.69 Å². The Labute approximate surface area is 128 Å². The first-order valence-electron chi connectivity index (χ1n) is 6.45. The molecule has 6 nitrogen and oxygen atoms in total. The zero-order valence-corrected chi connectivity index (χ0v) is 12.7. The van der Waals surface area contributed by atoms with Crippen molar-refractivity contribution in [3.05, 3.63) is 60.2 Å². The van der Waals surface area contributed by atoms with Gasteiger partial charge in [-0.3, -0.25) is 4.79 Å². The second-order valence-electron chi connectivity index (χ2n) is 4.47. The lowest BCUT2D eigenvalue weighted by atomic mass is 10.2. The van der Waals surface area contributed by atoms with Crippen molar-refractivity contribution in [2.75, 3.05) is 5.32 Å². The maximum absolute atomic E-state index is 11.9. The standard InChI is InChI=1S/C15H15N3O3S/c1-12(19)17-14-9-7-13(8-10-14)11-16-18-22(20,21)15-5-3-2-4-6-15/h2-11,18H,1H3,(H,17,19)/b16-11-. The smallest absolute Gasteiger partial charge is 0.276 e. The molecule has 2 N–H and O–H groups in total. The Hall–Kier alpha value is -2.67. The summed E-state index contributed by atoms with van der Waals surface area (Å²) in [4.78, 5) is 13.2. The van der Waals surface area contributed by atoms with E-state index in [-0.39, 0.29) is 10.8 Å². The van der Waals surface area contributed by atoms with Crippen molar-refractivity contribution >= 4 is 27.8 Å². The van der Waals surface area contributed by atoms with Gasteiger partial charge in [-0.15, -0.1) is 0 Å². The van der Waals surface area contributed by atoms with E-state index in [2.05, 4.69) is 15.2 Å². The van der Waals surface area contributed by atoms with E-state index in [4.69, 9.17) is 0 Å². The van der Waals surface area contributed by atoms with Crippen LogP contribution < -0.4 is 10.1 Å². The highest BCUT2D eigenvalue weighted by Crippen LogP contribution is 2.09. The predicted octanol–water partition coefficient (Wildman–Crippen LogP) is 1.96. The van der Waals surface area contributed by atoms with Crippen LogP contribution in [-0.4, -0.2) is 20.5 Å². The molecule has 0 radical (unpaired) electrons. The lowest BCUT2D eigenvalue weighted by Crippen LogP contribution is -2.18. The van der Waals surface area contributed by atoms with Gasteiger partial charge in [-0.25, -0.2) is 4.83 Å². The molecule has 0 saturated carbocycles. The minimum absolute atomic E-state index is 0.146. The summed E-state index contributed by atoms with van der Waals surface area (Å²) < 4.78 is 23.9. The van der Waals surface area contributed by atoms with Crippen LogP contribution in [0.5, 0.6) is 0 Å². The molecule has 0 heterocycles. The molecule has 2 aromatic rings. The van der Waals surface area contributed by atoms with Crippen molar-refractivity contribution in [2.24, 2.45) is 5.10 Å². The molecule has 0 bridgehead atoms. The number of sulfonamides is 1. The first-order valence-corrected chi connectivity index (χ1v) is 7.93. The molecule has 0 spiro atoms. The number of nitrogens with zero attached hydrogens (tertiary/aromatic N) is 1. The third-order valence-corrected chi connectivity index (χ3v) is 3.91. The fraction of sp³-hybridized carbons (Fsp3) is 0.0667. The first-order chi connectivity index (χ1) is 10.5. The number of hydrogen-bond acceptors (Lipinski definition) is 4. The van der Waals surface area contributed by atoms with Crippen LogP contribution in [0.1, 0.15) is 12.5 Å². The summed E-state index contributed by atoms with van der Waals surface area (Å²) in [6.45, 7) is 1.42. The molecular formula is C15H15N3O3S. The van der Waals surface area contributed by atoms with Crippen LogP contribution in [0.25, 0.3) is 0 Å². The van der Waals surface area contributed by atoms with Gasteiger partial charge in [0.15, 0.2) is 0 Å². The summed E-state index contributed by atoms with van der Waals surface area (Å²) in [5, 5.41) is 6.37. The molecule has 0 saturated heterocycles. The van der Waals surface area contributed by atoms with Gasteiger partial charge in [0.05, 0.1) is 11.1 Å². The molecule has 0 unspecified atom stereocenters. The van der Waals surface area contributed by atoms with Crippen LogP contribution in [0.3, 0.4) is 0 Å². The van der Waals surface area contributed by atoms with Crippen molar-refractivity contribution in [3.63, 3.8) is 0 Å². The zero-order valence-electron chi connectivity index (χ0n) is 11.9. The van der Waals surface area contributed by atoms with Gasteiger partial charge in [0.2, 0.25) is 5.91 Å². The molecular weight excluding hydrogens is 302 g/mol. The minimum atomic E-state index is -3.66. The third-order valence-electron chi connectivity index (χ3n) is 2.67. The summed E-state index contributed by atoms with van der Waals surface area (Å²) in [5.74, 6) is -0.156. The van der Waals surface area contributed by atoms with E-state index in [0.717, 1.165) is 0 Å². The molecule has 2 aromatic carbocycles. The maximum Gasteiger partial charge on any atom is 0.276 e. The van der Waals surface area contributed by atoms with Crippen molar-refractivity contribution in [1.82, 2.24) is 4.83 Å². The summed E-state index contributed by atoms with van der Waals surface area (Å²) in [6, 6.07) is 14.8. The highest BCUT2D eigenvalue weighted by atomic mass is 32.2. The zero-order chi connectivity index (χ0) is 16.0. The summed E-state index contributed by atoms with van der Waals surface area (Å²) in [7, 11) is -3.66. The Morgan fingerprint density at radius 1 is 1.05 bits per heavy atom. The summed E-state index contributed by atoms with van der Waals surface area (Å²) in [5.41, 5.74) is 1.36. The van der Waals surface area contributed by atoms with Crippen LogP contribution in [0.2, 0.25) is 0 Å². The SMILES string of the molecule is CC(=O)Nc1ccc(/C=N\NS(=O)(=O)c2ccccc2)cc1. The maximum atomic E-state index is 11.9. The number of carbonyl (C=O) groups is 1. The first kappa shape index (κ1) is 15.7. The van der Waals surface area contributed by atoms with Gasteiger partial charge in [-0.1, -0.05) is 30.3 Å². The minimum Gasteiger partial charge on any atom is -0.326 e. The average molecular weight is 317 g/mol. The molecule has 22 heavy (non-hydrogen) atoms. The van der Waals surface area contributed by atoms with E-state index in [1.165, 1.54) is 25.3 Å². The molecule has 0 aromatic heterocycles. The molecule has 0 atom stereocenters. The Bertz CT molecular complexity index is 769. The molecule has 114 valence electrons. The largest absolute Gasteiger partial charge is 0.326 e. The Balaban J connectivity index is 2.02. The van der Waals surface area contributed by atoms with Crippen LogP contribution in [0.15, 0.2) is 64.6 Å².